The Kier molecular flexibility index (Phi) is 3.21. The Labute approximate surface area is 99.6 Å². The number of hydrazine groups is 1. The van der Waals surface area contributed by atoms with Gasteiger partial charge in [0.25, 0.3) is 0 Å². The molecule has 2 heterocycles. The van der Waals surface area contributed by atoms with Crippen molar-refractivity contribution in [2.75, 3.05) is 0 Å². The standard InChI is InChI=1S/C10H17N7/c1-7-8(5-16(2)15-7)9(14-11)4-10-12-6-13-17(10)3/h5-6,9,14H,4,11H2,1-3H3. The molecular formula is C10H17N7. The van der Waals surface area contributed by atoms with Gasteiger partial charge in [0, 0.05) is 32.3 Å². The van der Waals surface area contributed by atoms with E-state index in [-0.39, 0.29) is 6.04 Å². The molecule has 0 bridgehead atoms. The molecule has 3 N–H and O–H groups in total. The summed E-state index contributed by atoms with van der Waals surface area (Å²) in [6.07, 6.45) is 4.19. The van der Waals surface area contributed by atoms with E-state index in [0.717, 1.165) is 17.1 Å². The summed E-state index contributed by atoms with van der Waals surface area (Å²) < 4.78 is 3.53. The lowest BCUT2D eigenvalue weighted by Crippen LogP contribution is -2.30. The molecule has 0 aliphatic rings. The molecule has 0 fully saturated rings. The molecule has 2 rings (SSSR count). The Balaban J connectivity index is 2.23. The van der Waals surface area contributed by atoms with Crippen molar-refractivity contribution in [3.63, 3.8) is 0 Å². The lowest BCUT2D eigenvalue weighted by atomic mass is 10.1. The molecule has 0 radical (unpaired) electrons. The fraction of sp³-hybridized carbons (Fsp3) is 0.500. The van der Waals surface area contributed by atoms with Gasteiger partial charge >= 0.3 is 0 Å². The molecule has 0 aromatic carbocycles. The van der Waals surface area contributed by atoms with Crippen LogP contribution in [-0.2, 0) is 20.5 Å². The molecule has 0 aliphatic heterocycles. The number of nitrogens with one attached hydrogen (secondary N) is 1. The second-order valence-electron chi connectivity index (χ2n) is 4.07. The van der Waals surface area contributed by atoms with Gasteiger partial charge in [-0.15, -0.1) is 0 Å². The van der Waals surface area contributed by atoms with Gasteiger partial charge in [-0.1, -0.05) is 0 Å². The summed E-state index contributed by atoms with van der Waals surface area (Å²) in [4.78, 5) is 4.19. The molecule has 7 heteroatoms. The summed E-state index contributed by atoms with van der Waals surface area (Å²) >= 11 is 0. The topological polar surface area (TPSA) is 86.6 Å². The zero-order valence-corrected chi connectivity index (χ0v) is 10.3. The van der Waals surface area contributed by atoms with Crippen molar-refractivity contribution >= 4 is 0 Å². The van der Waals surface area contributed by atoms with Crippen LogP contribution in [0.25, 0.3) is 0 Å². The van der Waals surface area contributed by atoms with Crippen LogP contribution >= 0.6 is 0 Å². The van der Waals surface area contributed by atoms with E-state index in [4.69, 9.17) is 5.84 Å². The van der Waals surface area contributed by atoms with Gasteiger partial charge in [-0.3, -0.25) is 20.6 Å². The maximum Gasteiger partial charge on any atom is 0.138 e. The Morgan fingerprint density at radius 1 is 1.47 bits per heavy atom. The van der Waals surface area contributed by atoms with E-state index < -0.39 is 0 Å². The van der Waals surface area contributed by atoms with Crippen molar-refractivity contribution in [1.82, 2.24) is 30.0 Å². The third kappa shape index (κ3) is 2.34. The van der Waals surface area contributed by atoms with Crippen LogP contribution in [0.1, 0.15) is 23.1 Å². The third-order valence-corrected chi connectivity index (χ3v) is 2.82. The van der Waals surface area contributed by atoms with E-state index in [0.29, 0.717) is 6.42 Å². The van der Waals surface area contributed by atoms with Crippen LogP contribution in [0.5, 0.6) is 0 Å². The summed E-state index contributed by atoms with van der Waals surface area (Å²) in [5, 5.41) is 8.35. The number of hydrogen-bond donors (Lipinski definition) is 2. The molecule has 1 atom stereocenters. The van der Waals surface area contributed by atoms with E-state index in [1.165, 1.54) is 0 Å². The van der Waals surface area contributed by atoms with Crippen LogP contribution in [-0.4, -0.2) is 24.5 Å². The SMILES string of the molecule is Cc1nn(C)cc1C(Cc1ncnn1C)NN. The largest absolute Gasteiger partial charge is 0.275 e. The van der Waals surface area contributed by atoms with Crippen molar-refractivity contribution in [1.29, 1.82) is 0 Å². The summed E-state index contributed by atoms with van der Waals surface area (Å²) in [6, 6.07) is -0.00778. The second-order valence-corrected chi connectivity index (χ2v) is 4.07. The monoisotopic (exact) mass is 235 g/mol. The Morgan fingerprint density at radius 2 is 2.24 bits per heavy atom. The smallest absolute Gasteiger partial charge is 0.138 e. The predicted octanol–water partition coefficient (Wildman–Crippen LogP) is -0.396. The molecule has 0 spiro atoms. The number of aryl methyl sites for hydroxylation is 3. The number of nitrogens with two attached hydrogens (primary N) is 1. The molecule has 2 aromatic heterocycles. The van der Waals surface area contributed by atoms with Crippen LogP contribution < -0.4 is 11.3 Å². The van der Waals surface area contributed by atoms with Gasteiger partial charge in [0.15, 0.2) is 0 Å². The van der Waals surface area contributed by atoms with Crippen molar-refractivity contribution in [3.05, 3.63) is 29.6 Å². The van der Waals surface area contributed by atoms with Crippen LogP contribution in [0.3, 0.4) is 0 Å². The quantitative estimate of drug-likeness (QED) is 0.556. The van der Waals surface area contributed by atoms with E-state index in [9.17, 15) is 0 Å². The first-order valence-electron chi connectivity index (χ1n) is 5.41. The zero-order valence-electron chi connectivity index (χ0n) is 10.3. The van der Waals surface area contributed by atoms with E-state index in [1.807, 2.05) is 27.2 Å². The fourth-order valence-electron chi connectivity index (χ4n) is 1.91. The van der Waals surface area contributed by atoms with Crippen molar-refractivity contribution in [2.45, 2.75) is 19.4 Å². The highest BCUT2D eigenvalue weighted by molar-refractivity contribution is 5.21. The molecule has 1 unspecified atom stereocenters. The normalized spacial score (nSPS) is 12.9. The highest BCUT2D eigenvalue weighted by Gasteiger charge is 2.17. The molecule has 0 saturated carbocycles. The van der Waals surface area contributed by atoms with E-state index >= 15 is 0 Å². The van der Waals surface area contributed by atoms with Gasteiger partial charge in [-0.25, -0.2) is 4.98 Å². The minimum Gasteiger partial charge on any atom is -0.275 e. The van der Waals surface area contributed by atoms with Gasteiger partial charge in [-0.2, -0.15) is 10.2 Å². The minimum absolute atomic E-state index is 0.00778. The highest BCUT2D eigenvalue weighted by Crippen LogP contribution is 2.18. The van der Waals surface area contributed by atoms with E-state index in [2.05, 4.69) is 20.6 Å². The Morgan fingerprint density at radius 3 is 2.71 bits per heavy atom. The molecule has 2 aromatic rings. The first-order valence-corrected chi connectivity index (χ1v) is 5.41. The fourth-order valence-corrected chi connectivity index (χ4v) is 1.91. The Hall–Kier alpha value is -1.73. The van der Waals surface area contributed by atoms with Gasteiger partial charge < -0.3 is 0 Å². The van der Waals surface area contributed by atoms with Crippen LogP contribution in [0, 0.1) is 6.92 Å². The maximum absolute atomic E-state index is 5.61. The molecule has 92 valence electrons. The predicted molar refractivity (Wildman–Crippen MR) is 62.7 cm³/mol. The average Bonchev–Trinajstić information content (AvgIpc) is 2.82. The molecule has 0 aliphatic carbocycles. The molecule has 7 nitrogen and oxygen atoms in total. The molecule has 0 saturated heterocycles. The minimum atomic E-state index is -0.00778. The zero-order chi connectivity index (χ0) is 12.4. The summed E-state index contributed by atoms with van der Waals surface area (Å²) in [6.45, 7) is 1.97. The molecule has 0 amide bonds. The van der Waals surface area contributed by atoms with Gasteiger partial charge in [0.05, 0.1) is 11.7 Å². The summed E-state index contributed by atoms with van der Waals surface area (Å²) in [5.74, 6) is 6.49. The van der Waals surface area contributed by atoms with Gasteiger partial charge in [0.1, 0.15) is 12.2 Å². The average molecular weight is 235 g/mol. The van der Waals surface area contributed by atoms with E-state index in [1.54, 1.807) is 15.7 Å². The van der Waals surface area contributed by atoms with Crippen LogP contribution in [0.4, 0.5) is 0 Å². The number of aromatic nitrogens is 5. The summed E-state index contributed by atoms with van der Waals surface area (Å²) in [5.41, 5.74) is 4.86. The first-order chi connectivity index (χ1) is 8.11. The van der Waals surface area contributed by atoms with Crippen molar-refractivity contribution in [2.24, 2.45) is 19.9 Å². The van der Waals surface area contributed by atoms with Crippen LogP contribution in [0.15, 0.2) is 12.5 Å². The van der Waals surface area contributed by atoms with Crippen molar-refractivity contribution in [3.8, 4) is 0 Å². The molecule has 17 heavy (non-hydrogen) atoms. The maximum atomic E-state index is 5.61. The third-order valence-electron chi connectivity index (χ3n) is 2.82. The lowest BCUT2D eigenvalue weighted by Gasteiger charge is -2.14. The number of hydrogen-bond acceptors (Lipinski definition) is 5. The Bertz CT molecular complexity index is 498. The van der Waals surface area contributed by atoms with Gasteiger partial charge in [0.2, 0.25) is 0 Å². The summed E-state index contributed by atoms with van der Waals surface area (Å²) in [7, 11) is 3.76. The van der Waals surface area contributed by atoms with Crippen LogP contribution in [0.2, 0.25) is 0 Å². The number of rotatable bonds is 4. The molecular weight excluding hydrogens is 218 g/mol. The van der Waals surface area contributed by atoms with Gasteiger partial charge in [-0.05, 0) is 6.92 Å². The number of nitrogens with zero attached hydrogens (tertiary/aromatic N) is 5. The second kappa shape index (κ2) is 4.64. The van der Waals surface area contributed by atoms with Crippen molar-refractivity contribution < 1.29 is 0 Å². The highest BCUT2D eigenvalue weighted by atomic mass is 15.3. The first kappa shape index (κ1) is 11.7. The lowest BCUT2D eigenvalue weighted by molar-refractivity contribution is 0.521.